The molecule has 0 unspecified atom stereocenters. The van der Waals surface area contributed by atoms with E-state index in [1.165, 1.54) is 6.20 Å². The molecule has 1 saturated heterocycles. The molecule has 4 atom stereocenters. The van der Waals surface area contributed by atoms with Gasteiger partial charge in [0.1, 0.15) is 18.3 Å². The van der Waals surface area contributed by atoms with Gasteiger partial charge in [-0.1, -0.05) is 23.7 Å². The molecule has 25 heavy (non-hydrogen) atoms. The maximum absolute atomic E-state index is 11.8. The Kier molecular flexibility index (Phi) is 5.36. The Morgan fingerprint density at radius 3 is 2.56 bits per heavy atom. The van der Waals surface area contributed by atoms with Crippen LogP contribution >= 0.6 is 11.6 Å². The number of halogens is 1. The van der Waals surface area contributed by atoms with E-state index in [-0.39, 0.29) is 6.54 Å². The van der Waals surface area contributed by atoms with Crippen LogP contribution in [0.15, 0.2) is 46.1 Å². The second-order valence-corrected chi connectivity index (χ2v) is 6.26. The number of nitrogens with zero attached hydrogens (tertiary/aromatic N) is 1. The number of rotatable bonds is 5. The quantitative estimate of drug-likeness (QED) is 0.571. The van der Waals surface area contributed by atoms with E-state index in [1.807, 2.05) is 12.1 Å². The summed E-state index contributed by atoms with van der Waals surface area (Å²) >= 11 is 5.83. The van der Waals surface area contributed by atoms with Gasteiger partial charge in [-0.3, -0.25) is 14.3 Å². The Hall–Kier alpha value is -1.97. The summed E-state index contributed by atoms with van der Waals surface area (Å²) in [6.07, 6.45) is -2.99. The fourth-order valence-electron chi connectivity index (χ4n) is 2.72. The van der Waals surface area contributed by atoms with E-state index in [0.717, 1.165) is 16.2 Å². The van der Waals surface area contributed by atoms with E-state index in [4.69, 9.17) is 16.3 Å². The summed E-state index contributed by atoms with van der Waals surface area (Å²) in [7, 11) is 0. The number of aromatic amines is 1. The van der Waals surface area contributed by atoms with Gasteiger partial charge in [0.15, 0.2) is 6.23 Å². The molecule has 8 nitrogen and oxygen atoms in total. The third-order valence-corrected chi connectivity index (χ3v) is 4.30. The van der Waals surface area contributed by atoms with Crippen molar-refractivity contribution in [3.05, 3.63) is 68.0 Å². The third-order valence-electron chi connectivity index (χ3n) is 4.05. The lowest BCUT2D eigenvalue weighted by Crippen LogP contribution is -2.38. The van der Waals surface area contributed by atoms with E-state index in [1.54, 1.807) is 12.1 Å². The van der Waals surface area contributed by atoms with Gasteiger partial charge in [-0.2, -0.15) is 0 Å². The van der Waals surface area contributed by atoms with Gasteiger partial charge in [-0.25, -0.2) is 4.79 Å². The molecule has 4 N–H and O–H groups in total. The van der Waals surface area contributed by atoms with Crippen LogP contribution in [-0.4, -0.2) is 44.6 Å². The Labute approximate surface area is 147 Å². The molecule has 0 bridgehead atoms. The number of hydrogen-bond donors (Lipinski definition) is 4. The van der Waals surface area contributed by atoms with Crippen molar-refractivity contribution in [2.45, 2.75) is 31.1 Å². The summed E-state index contributed by atoms with van der Waals surface area (Å²) in [4.78, 5) is 25.0. The van der Waals surface area contributed by atoms with Crippen molar-refractivity contribution in [2.75, 3.05) is 6.54 Å². The lowest BCUT2D eigenvalue weighted by molar-refractivity contribution is -0.0392. The zero-order chi connectivity index (χ0) is 18.0. The van der Waals surface area contributed by atoms with Crippen LogP contribution < -0.4 is 16.6 Å². The highest BCUT2D eigenvalue weighted by atomic mass is 35.5. The Morgan fingerprint density at radius 1 is 1.16 bits per heavy atom. The lowest BCUT2D eigenvalue weighted by Gasteiger charge is -2.16. The van der Waals surface area contributed by atoms with Crippen molar-refractivity contribution in [1.29, 1.82) is 0 Å². The van der Waals surface area contributed by atoms with Gasteiger partial charge in [0, 0.05) is 30.4 Å². The van der Waals surface area contributed by atoms with Gasteiger partial charge in [0.2, 0.25) is 0 Å². The highest BCUT2D eigenvalue weighted by molar-refractivity contribution is 6.30. The summed E-state index contributed by atoms with van der Waals surface area (Å²) in [5.74, 6) is 0. The van der Waals surface area contributed by atoms with Gasteiger partial charge in [0.25, 0.3) is 5.56 Å². The molecule has 0 spiro atoms. The van der Waals surface area contributed by atoms with E-state index in [0.29, 0.717) is 11.6 Å². The Balaban J connectivity index is 1.62. The van der Waals surface area contributed by atoms with Crippen LogP contribution in [0.1, 0.15) is 11.8 Å². The average Bonchev–Trinajstić information content (AvgIpc) is 2.85. The van der Waals surface area contributed by atoms with E-state index in [9.17, 15) is 19.8 Å². The minimum Gasteiger partial charge on any atom is -0.387 e. The van der Waals surface area contributed by atoms with Crippen LogP contribution in [-0.2, 0) is 11.3 Å². The topological polar surface area (TPSA) is 117 Å². The highest BCUT2D eigenvalue weighted by Gasteiger charge is 2.43. The summed E-state index contributed by atoms with van der Waals surface area (Å²) in [6.45, 7) is 0.804. The van der Waals surface area contributed by atoms with Gasteiger partial charge in [-0.05, 0) is 17.7 Å². The van der Waals surface area contributed by atoms with Crippen molar-refractivity contribution in [2.24, 2.45) is 0 Å². The van der Waals surface area contributed by atoms with Crippen LogP contribution in [0.25, 0.3) is 0 Å². The molecule has 1 aliphatic heterocycles. The molecule has 0 radical (unpaired) electrons. The number of nitrogens with one attached hydrogen (secondary N) is 2. The van der Waals surface area contributed by atoms with E-state index >= 15 is 0 Å². The SMILES string of the molecule is O=c1ccn([C@@H]2O[C@H](CNCc3ccc(Cl)cc3)[C@@H](O)[C@H]2O)c(=O)[nH]1. The van der Waals surface area contributed by atoms with Crippen molar-refractivity contribution < 1.29 is 14.9 Å². The first-order chi connectivity index (χ1) is 12.0. The summed E-state index contributed by atoms with van der Waals surface area (Å²) in [6, 6.07) is 8.46. The van der Waals surface area contributed by atoms with Crippen LogP contribution in [0, 0.1) is 0 Å². The molecular formula is C16H18ClN3O5. The van der Waals surface area contributed by atoms with Crippen molar-refractivity contribution in [3.63, 3.8) is 0 Å². The fourth-order valence-corrected chi connectivity index (χ4v) is 2.84. The average molecular weight is 368 g/mol. The molecule has 0 aliphatic carbocycles. The van der Waals surface area contributed by atoms with Crippen LogP contribution in [0.3, 0.4) is 0 Å². The standard InChI is InChI=1S/C16H18ClN3O5/c17-10-3-1-9(2-4-10)7-18-8-11-13(22)14(23)15(25-11)20-6-5-12(21)19-16(20)24/h1-6,11,13-15,18,22-23H,7-8H2,(H,19,21,24)/t11-,13-,14-,15-/m1/s1. The predicted octanol–water partition coefficient (Wildman–Crippen LogP) is -0.401. The Morgan fingerprint density at radius 2 is 1.88 bits per heavy atom. The minimum atomic E-state index is -1.29. The molecule has 1 aromatic carbocycles. The second kappa shape index (κ2) is 7.51. The van der Waals surface area contributed by atoms with Gasteiger partial charge in [0.05, 0.1) is 0 Å². The van der Waals surface area contributed by atoms with Gasteiger partial charge >= 0.3 is 5.69 Å². The van der Waals surface area contributed by atoms with Crippen molar-refractivity contribution in [3.8, 4) is 0 Å². The first-order valence-electron chi connectivity index (χ1n) is 7.74. The number of hydrogen-bond acceptors (Lipinski definition) is 6. The van der Waals surface area contributed by atoms with E-state index in [2.05, 4.69) is 10.3 Å². The fraction of sp³-hybridized carbons (Fsp3) is 0.375. The zero-order valence-electron chi connectivity index (χ0n) is 13.1. The van der Waals surface area contributed by atoms with Crippen molar-refractivity contribution in [1.82, 2.24) is 14.9 Å². The number of aliphatic hydroxyl groups is 2. The molecular weight excluding hydrogens is 350 g/mol. The normalized spacial score (nSPS) is 26.0. The molecule has 1 fully saturated rings. The molecule has 134 valence electrons. The first kappa shape index (κ1) is 17.8. The smallest absolute Gasteiger partial charge is 0.330 e. The minimum absolute atomic E-state index is 0.273. The van der Waals surface area contributed by atoms with Crippen molar-refractivity contribution >= 4 is 11.6 Å². The molecule has 2 heterocycles. The number of aliphatic hydroxyl groups excluding tert-OH is 2. The molecule has 9 heteroatoms. The predicted molar refractivity (Wildman–Crippen MR) is 90.4 cm³/mol. The Bertz CT molecular complexity index is 835. The maximum atomic E-state index is 11.8. The highest BCUT2D eigenvalue weighted by Crippen LogP contribution is 2.27. The summed E-state index contributed by atoms with van der Waals surface area (Å²) in [5, 5.41) is 24.1. The van der Waals surface area contributed by atoms with E-state index < -0.39 is 35.8 Å². The maximum Gasteiger partial charge on any atom is 0.330 e. The molecule has 1 aromatic heterocycles. The molecule has 0 saturated carbocycles. The number of aromatic nitrogens is 2. The number of ether oxygens (including phenoxy) is 1. The summed E-state index contributed by atoms with van der Waals surface area (Å²) < 4.78 is 6.66. The lowest BCUT2D eigenvalue weighted by atomic mass is 10.1. The van der Waals surface area contributed by atoms with Gasteiger partial charge < -0.3 is 20.3 Å². The third kappa shape index (κ3) is 4.00. The molecule has 3 rings (SSSR count). The monoisotopic (exact) mass is 367 g/mol. The molecule has 2 aromatic rings. The van der Waals surface area contributed by atoms with Crippen LogP contribution in [0.5, 0.6) is 0 Å². The number of benzene rings is 1. The number of H-pyrrole nitrogens is 1. The molecule has 0 amide bonds. The van der Waals surface area contributed by atoms with Crippen LogP contribution in [0.4, 0.5) is 0 Å². The van der Waals surface area contributed by atoms with Crippen LogP contribution in [0.2, 0.25) is 5.02 Å². The zero-order valence-corrected chi connectivity index (χ0v) is 13.9. The largest absolute Gasteiger partial charge is 0.387 e. The second-order valence-electron chi connectivity index (χ2n) is 5.82. The summed E-state index contributed by atoms with van der Waals surface area (Å²) in [5.41, 5.74) is -0.250. The first-order valence-corrected chi connectivity index (χ1v) is 8.12. The van der Waals surface area contributed by atoms with Gasteiger partial charge in [-0.15, -0.1) is 0 Å². The molecule has 1 aliphatic rings.